The summed E-state index contributed by atoms with van der Waals surface area (Å²) in [5.74, 6) is 0.588. The molecule has 0 bridgehead atoms. The lowest BCUT2D eigenvalue weighted by molar-refractivity contribution is 0.866. The first-order valence-electron chi connectivity index (χ1n) is 7.84. The maximum atomic E-state index is 2.22. The molecule has 22 heavy (non-hydrogen) atoms. The molecule has 0 heterocycles. The Morgan fingerprint density at radius 1 is 0.727 bits per heavy atom. The molecule has 0 aliphatic carbocycles. The normalized spacial score (nSPS) is 12.2. The quantitative estimate of drug-likeness (QED) is 0.558. The summed E-state index contributed by atoms with van der Waals surface area (Å²) in [4.78, 5) is 0. The highest BCUT2D eigenvalue weighted by Gasteiger charge is 1.96. The molecule has 0 spiro atoms. The summed E-state index contributed by atoms with van der Waals surface area (Å²) in [6.07, 6.45) is 12.5. The summed E-state index contributed by atoms with van der Waals surface area (Å²) in [5, 5.41) is 0. The van der Waals surface area contributed by atoms with Crippen molar-refractivity contribution in [2.24, 2.45) is 0 Å². The van der Waals surface area contributed by atoms with E-state index >= 15 is 0 Å². The van der Waals surface area contributed by atoms with Crippen LogP contribution in [-0.2, 0) is 0 Å². The van der Waals surface area contributed by atoms with Crippen LogP contribution in [0.4, 0.5) is 0 Å². The molecule has 0 heteroatoms. The van der Waals surface area contributed by atoms with Crippen LogP contribution in [0, 0.1) is 6.92 Å². The SMILES string of the molecule is Cc1ccccc1/C=C/C=C/C=C/c1ccc(C(C)C)cc1. The van der Waals surface area contributed by atoms with Gasteiger partial charge in [0.1, 0.15) is 0 Å². The molecule has 0 aromatic heterocycles. The van der Waals surface area contributed by atoms with Crippen LogP contribution in [0.25, 0.3) is 12.2 Å². The maximum absolute atomic E-state index is 2.22. The Labute approximate surface area is 134 Å². The Hall–Kier alpha value is -2.34. The molecule has 0 saturated carbocycles. The van der Waals surface area contributed by atoms with Crippen LogP contribution < -0.4 is 0 Å². The number of allylic oxidation sites excluding steroid dienone is 4. The summed E-state index contributed by atoms with van der Waals surface area (Å²) in [6.45, 7) is 6.56. The minimum atomic E-state index is 0.588. The van der Waals surface area contributed by atoms with Gasteiger partial charge in [0.25, 0.3) is 0 Å². The third kappa shape index (κ3) is 4.89. The van der Waals surface area contributed by atoms with Crippen LogP contribution in [0.2, 0.25) is 0 Å². The van der Waals surface area contributed by atoms with Crippen molar-refractivity contribution in [3.8, 4) is 0 Å². The first-order valence-corrected chi connectivity index (χ1v) is 7.84. The lowest BCUT2D eigenvalue weighted by Gasteiger charge is -2.04. The monoisotopic (exact) mass is 288 g/mol. The number of aryl methyl sites for hydroxylation is 1. The molecule has 0 amide bonds. The summed E-state index contributed by atoms with van der Waals surface area (Å²) in [6, 6.07) is 17.1. The molecule has 0 nitrogen and oxygen atoms in total. The Kier molecular flexibility index (Phi) is 5.97. The fourth-order valence-electron chi connectivity index (χ4n) is 2.22. The summed E-state index contributed by atoms with van der Waals surface area (Å²) in [7, 11) is 0. The fourth-order valence-corrected chi connectivity index (χ4v) is 2.22. The zero-order valence-corrected chi connectivity index (χ0v) is 13.7. The topological polar surface area (TPSA) is 0 Å². The smallest absolute Gasteiger partial charge is 0.0219 e. The van der Waals surface area contributed by atoms with Gasteiger partial charge in [0, 0.05) is 0 Å². The molecule has 112 valence electrons. The van der Waals surface area contributed by atoms with E-state index in [1.807, 2.05) is 0 Å². The van der Waals surface area contributed by atoms with E-state index in [1.54, 1.807) is 0 Å². The third-order valence-corrected chi connectivity index (χ3v) is 3.69. The lowest BCUT2D eigenvalue weighted by atomic mass is 10.0. The summed E-state index contributed by atoms with van der Waals surface area (Å²) < 4.78 is 0. The first-order chi connectivity index (χ1) is 10.7. The minimum Gasteiger partial charge on any atom is -0.0622 e. The van der Waals surface area contributed by atoms with Crippen LogP contribution in [0.15, 0.2) is 72.8 Å². The van der Waals surface area contributed by atoms with Gasteiger partial charge in [-0.2, -0.15) is 0 Å². The number of hydrogen-bond acceptors (Lipinski definition) is 0. The second-order valence-electron chi connectivity index (χ2n) is 5.78. The Bertz CT molecular complexity index is 667. The Morgan fingerprint density at radius 3 is 2.00 bits per heavy atom. The molecule has 0 saturated heterocycles. The molecule has 0 aliphatic heterocycles. The largest absolute Gasteiger partial charge is 0.0622 e. The zero-order valence-electron chi connectivity index (χ0n) is 13.7. The van der Waals surface area contributed by atoms with Gasteiger partial charge in [0.15, 0.2) is 0 Å². The van der Waals surface area contributed by atoms with Crippen LogP contribution >= 0.6 is 0 Å². The number of hydrogen-bond donors (Lipinski definition) is 0. The summed E-state index contributed by atoms with van der Waals surface area (Å²) in [5.41, 5.74) is 5.18. The zero-order chi connectivity index (χ0) is 15.8. The van der Waals surface area contributed by atoms with E-state index in [2.05, 4.69) is 106 Å². The molecule has 0 fully saturated rings. The molecule has 2 rings (SSSR count). The highest BCUT2D eigenvalue weighted by molar-refractivity contribution is 5.56. The molecule has 0 radical (unpaired) electrons. The van der Waals surface area contributed by atoms with Gasteiger partial charge in [-0.05, 0) is 35.1 Å². The van der Waals surface area contributed by atoms with Crippen molar-refractivity contribution >= 4 is 12.2 Å². The average Bonchev–Trinajstić information content (AvgIpc) is 2.53. The van der Waals surface area contributed by atoms with Gasteiger partial charge in [-0.3, -0.25) is 0 Å². The highest BCUT2D eigenvalue weighted by Crippen LogP contribution is 2.15. The van der Waals surface area contributed by atoms with Crippen LogP contribution in [0.1, 0.15) is 42.0 Å². The van der Waals surface area contributed by atoms with Crippen molar-refractivity contribution in [3.05, 3.63) is 95.1 Å². The fraction of sp³-hybridized carbons (Fsp3) is 0.182. The number of benzene rings is 2. The molecule has 0 unspecified atom stereocenters. The number of rotatable bonds is 5. The van der Waals surface area contributed by atoms with Crippen molar-refractivity contribution < 1.29 is 0 Å². The Morgan fingerprint density at radius 2 is 1.36 bits per heavy atom. The maximum Gasteiger partial charge on any atom is -0.0219 e. The van der Waals surface area contributed by atoms with E-state index in [0.717, 1.165) is 0 Å². The van der Waals surface area contributed by atoms with E-state index in [1.165, 1.54) is 22.3 Å². The van der Waals surface area contributed by atoms with Gasteiger partial charge >= 0.3 is 0 Å². The lowest BCUT2D eigenvalue weighted by Crippen LogP contribution is -1.85. The van der Waals surface area contributed by atoms with Crippen LogP contribution in [0.3, 0.4) is 0 Å². The van der Waals surface area contributed by atoms with Crippen LogP contribution in [0.5, 0.6) is 0 Å². The average molecular weight is 288 g/mol. The van der Waals surface area contributed by atoms with Gasteiger partial charge in [0.05, 0.1) is 0 Å². The van der Waals surface area contributed by atoms with Gasteiger partial charge < -0.3 is 0 Å². The van der Waals surface area contributed by atoms with Crippen LogP contribution in [-0.4, -0.2) is 0 Å². The predicted octanol–water partition coefficient (Wildman–Crippen LogP) is 6.40. The third-order valence-electron chi connectivity index (χ3n) is 3.69. The van der Waals surface area contributed by atoms with Crippen molar-refractivity contribution in [3.63, 3.8) is 0 Å². The molecular weight excluding hydrogens is 264 g/mol. The van der Waals surface area contributed by atoms with Crippen molar-refractivity contribution in [1.29, 1.82) is 0 Å². The molecule has 0 aliphatic rings. The predicted molar refractivity (Wildman–Crippen MR) is 98.9 cm³/mol. The second-order valence-corrected chi connectivity index (χ2v) is 5.78. The standard InChI is InChI=1S/C22H24/c1-18(2)21-16-14-20(15-17-21)11-6-4-5-7-12-22-13-9-8-10-19(22)3/h4-18H,1-3H3/b5-4+,11-6+,12-7+. The molecular formula is C22H24. The van der Waals surface area contributed by atoms with E-state index in [-0.39, 0.29) is 0 Å². The second kappa shape index (κ2) is 8.19. The Balaban J connectivity index is 1.90. The summed E-state index contributed by atoms with van der Waals surface area (Å²) >= 11 is 0. The molecule has 2 aromatic rings. The minimum absolute atomic E-state index is 0.588. The molecule has 0 atom stereocenters. The molecule has 0 N–H and O–H groups in total. The van der Waals surface area contributed by atoms with Gasteiger partial charge in [-0.25, -0.2) is 0 Å². The van der Waals surface area contributed by atoms with Crippen molar-refractivity contribution in [2.75, 3.05) is 0 Å². The van der Waals surface area contributed by atoms with E-state index in [9.17, 15) is 0 Å². The molecule has 2 aromatic carbocycles. The first kappa shape index (κ1) is 16.0. The van der Waals surface area contributed by atoms with E-state index in [4.69, 9.17) is 0 Å². The van der Waals surface area contributed by atoms with Gasteiger partial charge in [0.2, 0.25) is 0 Å². The highest BCUT2D eigenvalue weighted by atomic mass is 14.0. The van der Waals surface area contributed by atoms with Crippen molar-refractivity contribution in [2.45, 2.75) is 26.7 Å². The van der Waals surface area contributed by atoms with Gasteiger partial charge in [-0.1, -0.05) is 98.8 Å². The van der Waals surface area contributed by atoms with E-state index < -0.39 is 0 Å². The van der Waals surface area contributed by atoms with Crippen molar-refractivity contribution in [1.82, 2.24) is 0 Å². The van der Waals surface area contributed by atoms with E-state index in [0.29, 0.717) is 5.92 Å². The van der Waals surface area contributed by atoms with Gasteiger partial charge in [-0.15, -0.1) is 0 Å².